The fraction of sp³-hybridized carbons (Fsp3) is 1.00. The van der Waals surface area contributed by atoms with E-state index in [1.807, 2.05) is 39.3 Å². The van der Waals surface area contributed by atoms with Gasteiger partial charge in [-0.1, -0.05) is 6.92 Å². The van der Waals surface area contributed by atoms with Gasteiger partial charge in [0.05, 0.1) is 0 Å². The highest BCUT2D eigenvalue weighted by Gasteiger charge is 2.52. The first kappa shape index (κ1) is 37.9. The van der Waals surface area contributed by atoms with Crippen LogP contribution in [-0.2, 0) is 56.6 Å². The van der Waals surface area contributed by atoms with Crippen molar-refractivity contribution in [2.24, 2.45) is 0 Å². The highest BCUT2D eigenvalue weighted by molar-refractivity contribution is 7.76. The summed E-state index contributed by atoms with van der Waals surface area (Å²) >= 11 is 0. The van der Waals surface area contributed by atoms with E-state index in [2.05, 4.69) is 0 Å². The molecule has 0 aliphatic rings. The molecule has 0 spiro atoms. The summed E-state index contributed by atoms with van der Waals surface area (Å²) in [5.74, 6) is 0. The van der Waals surface area contributed by atoms with Crippen LogP contribution in [0.4, 0.5) is 0 Å². The van der Waals surface area contributed by atoms with Crippen LogP contribution in [0.2, 0.25) is 58.4 Å². The lowest BCUT2D eigenvalue weighted by Crippen LogP contribution is -2.55. The maximum atomic E-state index is 12.6. The largest absolute Gasteiger partial charge is 0.558 e. The summed E-state index contributed by atoms with van der Waals surface area (Å²) in [6.45, 7) is 16.2. The lowest BCUT2D eigenvalue weighted by molar-refractivity contribution is 0.370. The van der Waals surface area contributed by atoms with Gasteiger partial charge in [0.2, 0.25) is 8.56 Å². The average Bonchev–Trinajstić information content (AvgIpc) is 2.77. The Kier molecular flexibility index (Phi) is 16.2. The Hall–Kier alpha value is 0.916. The second-order valence-electron chi connectivity index (χ2n) is 9.82. The summed E-state index contributed by atoms with van der Waals surface area (Å²) in [5, 5.41) is 0. The van der Waals surface area contributed by atoms with Crippen molar-refractivity contribution in [3.05, 3.63) is 0 Å². The van der Waals surface area contributed by atoms with Crippen molar-refractivity contribution in [2.45, 2.75) is 65.3 Å². The average molecular weight is 752 g/mol. The van der Waals surface area contributed by atoms with Gasteiger partial charge in [-0.25, -0.2) is 0 Å². The Balaban J connectivity index is 5.32. The highest BCUT2D eigenvalue weighted by Crippen LogP contribution is 2.19. The molecule has 0 fully saturated rings. The quantitative estimate of drug-likeness (QED) is 0.151. The number of rotatable bonds is 18. The monoisotopic (exact) mass is 750 g/mol. The topological polar surface area (TPSA) is 191 Å². The SMILES string of the molecule is CC[Si](C)(O[Si](=O)[Si](=O)[Si](=O)[Si](=O)[Si](=O)[Si](=O)[Si](=O)[Si](=O)[Si](=O)[SiH](C)O[Si]O[Si](C)(C)C)O[Si](C)(C)C. The minimum absolute atomic E-state index is 0.356. The third-order valence-corrected chi connectivity index (χ3v) is 85.4. The van der Waals surface area contributed by atoms with Gasteiger partial charge < -0.3 is 56.6 Å². The van der Waals surface area contributed by atoms with E-state index in [1.54, 1.807) is 13.5 Å². The number of hydrogen-bond donors (Lipinski definition) is 0. The van der Waals surface area contributed by atoms with Gasteiger partial charge in [0, 0.05) is 0 Å². The summed E-state index contributed by atoms with van der Waals surface area (Å²) < 4.78 is 135. The molecular weight excluding hydrogens is 721 g/mol. The highest BCUT2D eigenvalue weighted by atomic mass is 30.1. The van der Waals surface area contributed by atoms with Crippen LogP contribution < -0.4 is 0 Å². The molecule has 0 heterocycles. The molecule has 2 atom stereocenters. The van der Waals surface area contributed by atoms with Crippen LogP contribution in [0.15, 0.2) is 0 Å². The van der Waals surface area contributed by atoms with E-state index in [-0.39, 0.29) is 0 Å². The molecule has 204 valence electrons. The molecule has 0 rings (SSSR count). The van der Waals surface area contributed by atoms with E-state index in [9.17, 15) is 40.2 Å². The van der Waals surface area contributed by atoms with E-state index in [4.69, 9.17) is 16.5 Å². The first-order valence-electron chi connectivity index (χ1n) is 10.9. The third kappa shape index (κ3) is 13.4. The summed E-state index contributed by atoms with van der Waals surface area (Å²) in [7, 11) is -42.6. The maximum Gasteiger partial charge on any atom is 0.533 e. The minimum atomic E-state index is -3.83. The molecule has 0 bridgehead atoms. The molecule has 0 N–H and O–H groups in total. The molecule has 0 aromatic rings. The second kappa shape index (κ2) is 15.8. The maximum absolute atomic E-state index is 12.6. The summed E-state index contributed by atoms with van der Waals surface area (Å²) in [6, 6.07) is 0.356. The minimum Gasteiger partial charge on any atom is -0.558 e. The molecule has 0 aromatic heterocycles. The van der Waals surface area contributed by atoms with Crippen molar-refractivity contribution in [3.8, 4) is 0 Å². The summed E-state index contributed by atoms with van der Waals surface area (Å²) in [4.78, 5) is 0. The lowest BCUT2D eigenvalue weighted by atomic mass is 11.0. The molecule has 37 heavy (non-hydrogen) atoms. The molecular formula is C10H30O13Si14. The zero-order valence-corrected chi connectivity index (χ0v) is 36.2. The predicted molar refractivity (Wildman–Crippen MR) is 150 cm³/mol. The van der Waals surface area contributed by atoms with E-state index >= 15 is 0 Å². The molecule has 2 radical (unpaired) electrons. The normalized spacial score (nSPS) is 14.1. The predicted octanol–water partition coefficient (Wildman–Crippen LogP) is -1.30. The van der Waals surface area contributed by atoms with Crippen molar-refractivity contribution in [3.63, 3.8) is 0 Å². The van der Waals surface area contributed by atoms with Crippen molar-refractivity contribution in [2.75, 3.05) is 0 Å². The van der Waals surface area contributed by atoms with Gasteiger partial charge in [0.15, 0.2) is 16.6 Å². The Morgan fingerprint density at radius 3 is 1.43 bits per heavy atom. The molecule has 13 nitrogen and oxygen atoms in total. The fourth-order valence-corrected chi connectivity index (χ4v) is 111. The van der Waals surface area contributed by atoms with E-state index in [0.717, 1.165) is 0 Å². The van der Waals surface area contributed by atoms with Crippen molar-refractivity contribution in [1.82, 2.24) is 0 Å². The van der Waals surface area contributed by atoms with Crippen LogP contribution in [0.3, 0.4) is 0 Å². The molecule has 0 amide bonds. The van der Waals surface area contributed by atoms with Crippen LogP contribution in [0.1, 0.15) is 6.92 Å². The zero-order valence-electron chi connectivity index (χ0n) is 22.1. The molecule has 2 unspecified atom stereocenters. The van der Waals surface area contributed by atoms with Gasteiger partial charge in [0.25, 0.3) is 0 Å². The van der Waals surface area contributed by atoms with E-state index < -0.39 is 114 Å². The smallest absolute Gasteiger partial charge is 0.533 e. The van der Waals surface area contributed by atoms with Gasteiger partial charge in [-0.3, -0.25) is 0 Å². The number of hydrogen-bond acceptors (Lipinski definition) is 13. The Morgan fingerprint density at radius 1 is 0.649 bits per heavy atom. The van der Waals surface area contributed by atoms with Gasteiger partial charge in [-0.15, -0.1) is 0 Å². The lowest BCUT2D eigenvalue weighted by Gasteiger charge is -2.32. The van der Waals surface area contributed by atoms with Gasteiger partial charge in [0.1, 0.15) is 0 Å². The Bertz CT molecular complexity index is 1030. The standard InChI is InChI=1S/C10H30O13Si14/c1-10-37(9,23-36(6,7)8)22-26(11)28(13)30(15)32(17)34(19)33(18)31(16)29(14)27(12)25(2)20-24-21-35(3,4)5/h25H,10H2,1-9H3. The Morgan fingerprint density at radius 2 is 1.05 bits per heavy atom. The molecule has 27 heteroatoms. The van der Waals surface area contributed by atoms with Gasteiger partial charge in [-0.2, -0.15) is 0 Å². The molecule has 0 saturated carbocycles. The van der Waals surface area contributed by atoms with Crippen LogP contribution in [-0.4, -0.2) is 114 Å². The molecule has 0 aliphatic carbocycles. The first-order chi connectivity index (χ1) is 16.6. The van der Waals surface area contributed by atoms with Crippen molar-refractivity contribution >= 4 is 114 Å². The molecule has 0 aromatic carbocycles. The Labute approximate surface area is 234 Å². The van der Waals surface area contributed by atoms with E-state index in [1.165, 1.54) is 6.55 Å². The summed E-state index contributed by atoms with van der Waals surface area (Å²) in [5.41, 5.74) is 0. The second-order valence-corrected chi connectivity index (χ2v) is 70.0. The summed E-state index contributed by atoms with van der Waals surface area (Å²) in [6.07, 6.45) is 0. The van der Waals surface area contributed by atoms with E-state index in [0.29, 0.717) is 6.04 Å². The molecule has 0 aliphatic heterocycles. The first-order valence-corrected chi connectivity index (χ1v) is 45.1. The fourth-order valence-electron chi connectivity index (χ4n) is 2.23. The van der Waals surface area contributed by atoms with Crippen molar-refractivity contribution < 1.29 is 56.6 Å². The molecule has 0 saturated heterocycles. The van der Waals surface area contributed by atoms with Crippen LogP contribution in [0.5, 0.6) is 0 Å². The zero-order chi connectivity index (χ0) is 29.5. The van der Waals surface area contributed by atoms with Crippen LogP contribution in [0.25, 0.3) is 0 Å². The van der Waals surface area contributed by atoms with Crippen LogP contribution >= 0.6 is 0 Å². The third-order valence-electron chi connectivity index (χ3n) is 4.06. The van der Waals surface area contributed by atoms with Crippen molar-refractivity contribution in [1.29, 1.82) is 0 Å². The van der Waals surface area contributed by atoms with Gasteiger partial charge in [-0.05, 0) is 58.4 Å². The van der Waals surface area contributed by atoms with Crippen LogP contribution in [0, 0.1) is 0 Å². The van der Waals surface area contributed by atoms with Gasteiger partial charge >= 0.3 is 88.8 Å².